The minimum atomic E-state index is -0.207. The number of rotatable bonds is 2. The first-order valence-electron chi connectivity index (χ1n) is 5.71. The molecule has 1 aromatic heterocycles. The zero-order valence-electron chi connectivity index (χ0n) is 9.08. The first kappa shape index (κ1) is 9.85. The van der Waals surface area contributed by atoms with Gasteiger partial charge in [0.2, 0.25) is 0 Å². The molecule has 0 bridgehead atoms. The second kappa shape index (κ2) is 3.91. The highest BCUT2D eigenvalue weighted by molar-refractivity contribution is 5.77. The molecule has 0 N–H and O–H groups in total. The number of furan rings is 1. The Morgan fingerprint density at radius 2 is 2.00 bits per heavy atom. The highest BCUT2D eigenvalue weighted by Crippen LogP contribution is 2.22. The Kier molecular flexibility index (Phi) is 2.40. The number of hydrogen-bond acceptors (Lipinski definition) is 2. The van der Waals surface area contributed by atoms with Crippen molar-refractivity contribution < 1.29 is 8.81 Å². The van der Waals surface area contributed by atoms with Crippen LogP contribution in [0.1, 0.15) is 18.6 Å². The van der Waals surface area contributed by atoms with E-state index in [1.807, 2.05) is 6.07 Å². The molecule has 3 heteroatoms. The van der Waals surface area contributed by atoms with Gasteiger partial charge in [0, 0.05) is 5.39 Å². The summed E-state index contributed by atoms with van der Waals surface area (Å²) in [6.45, 7) is 3.13. The molecule has 1 saturated heterocycles. The van der Waals surface area contributed by atoms with Crippen molar-refractivity contribution in [2.45, 2.75) is 19.4 Å². The third kappa shape index (κ3) is 1.83. The highest BCUT2D eigenvalue weighted by Gasteiger charge is 2.14. The van der Waals surface area contributed by atoms with Crippen molar-refractivity contribution in [1.82, 2.24) is 4.90 Å². The van der Waals surface area contributed by atoms with Gasteiger partial charge in [-0.1, -0.05) is 0 Å². The van der Waals surface area contributed by atoms with Gasteiger partial charge in [0.05, 0.1) is 6.54 Å². The number of benzene rings is 1. The molecule has 0 atom stereocenters. The summed E-state index contributed by atoms with van der Waals surface area (Å²) in [6.07, 6.45) is 2.55. The maximum atomic E-state index is 13.0. The Morgan fingerprint density at radius 1 is 1.19 bits per heavy atom. The molecule has 0 spiro atoms. The van der Waals surface area contributed by atoms with Gasteiger partial charge >= 0.3 is 0 Å². The molecule has 1 aliphatic heterocycles. The zero-order chi connectivity index (χ0) is 11.0. The van der Waals surface area contributed by atoms with Gasteiger partial charge in [0.25, 0.3) is 0 Å². The lowest BCUT2D eigenvalue weighted by Crippen LogP contribution is -2.17. The minimum Gasteiger partial charge on any atom is -0.460 e. The smallest absolute Gasteiger partial charge is 0.134 e. The van der Waals surface area contributed by atoms with Gasteiger partial charge in [-0.15, -0.1) is 0 Å². The highest BCUT2D eigenvalue weighted by atomic mass is 19.1. The van der Waals surface area contributed by atoms with Gasteiger partial charge in [-0.25, -0.2) is 4.39 Å². The fraction of sp³-hybridized carbons (Fsp3) is 0.385. The molecule has 0 amide bonds. The van der Waals surface area contributed by atoms with Gasteiger partial charge in [-0.3, -0.25) is 4.90 Å². The van der Waals surface area contributed by atoms with E-state index in [1.165, 1.54) is 25.0 Å². The molecular weight excluding hydrogens is 205 g/mol. The van der Waals surface area contributed by atoms with E-state index in [0.29, 0.717) is 0 Å². The maximum absolute atomic E-state index is 13.0. The average Bonchev–Trinajstić information content (AvgIpc) is 2.86. The summed E-state index contributed by atoms with van der Waals surface area (Å²) < 4.78 is 18.7. The molecule has 1 aliphatic rings. The topological polar surface area (TPSA) is 16.4 Å². The molecule has 0 unspecified atom stereocenters. The zero-order valence-corrected chi connectivity index (χ0v) is 9.08. The van der Waals surface area contributed by atoms with Gasteiger partial charge in [-0.05, 0) is 50.2 Å². The molecule has 1 aromatic carbocycles. The van der Waals surface area contributed by atoms with Crippen molar-refractivity contribution in [1.29, 1.82) is 0 Å². The Hall–Kier alpha value is -1.35. The summed E-state index contributed by atoms with van der Waals surface area (Å²) in [7, 11) is 0. The van der Waals surface area contributed by atoms with Crippen LogP contribution in [0.15, 0.2) is 28.7 Å². The molecule has 1 fully saturated rings. The van der Waals surface area contributed by atoms with Crippen molar-refractivity contribution in [3.8, 4) is 0 Å². The molecule has 0 radical (unpaired) electrons. The second-order valence-corrected chi connectivity index (χ2v) is 4.38. The molecule has 16 heavy (non-hydrogen) atoms. The quantitative estimate of drug-likeness (QED) is 0.771. The second-order valence-electron chi connectivity index (χ2n) is 4.38. The summed E-state index contributed by atoms with van der Waals surface area (Å²) in [6, 6.07) is 6.59. The fourth-order valence-electron chi connectivity index (χ4n) is 2.31. The Bertz CT molecular complexity index is 500. The number of fused-ring (bicyclic) bond motifs is 1. The van der Waals surface area contributed by atoms with Crippen LogP contribution in [0.3, 0.4) is 0 Å². The normalized spacial score (nSPS) is 17.3. The van der Waals surface area contributed by atoms with E-state index in [9.17, 15) is 4.39 Å². The number of halogens is 1. The Balaban J connectivity index is 1.86. The van der Waals surface area contributed by atoms with Crippen molar-refractivity contribution >= 4 is 11.0 Å². The molecular formula is C13H14FNO. The molecule has 2 heterocycles. The number of nitrogens with zero attached hydrogens (tertiary/aromatic N) is 1. The van der Waals surface area contributed by atoms with E-state index in [-0.39, 0.29) is 5.82 Å². The molecule has 2 aromatic rings. The fourth-order valence-corrected chi connectivity index (χ4v) is 2.31. The van der Waals surface area contributed by atoms with Crippen LogP contribution in [0.5, 0.6) is 0 Å². The number of hydrogen-bond donors (Lipinski definition) is 0. The summed E-state index contributed by atoms with van der Waals surface area (Å²) >= 11 is 0. The number of likely N-dealkylation sites (tertiary alicyclic amines) is 1. The standard InChI is InChI=1S/C13H14FNO/c14-11-3-4-13-10(7-11)8-12(16-13)9-15-5-1-2-6-15/h3-4,7-8H,1-2,5-6,9H2. The van der Waals surface area contributed by atoms with Gasteiger partial charge in [0.1, 0.15) is 17.2 Å². The van der Waals surface area contributed by atoms with E-state index < -0.39 is 0 Å². The van der Waals surface area contributed by atoms with Crippen LogP contribution in [0.2, 0.25) is 0 Å². The van der Waals surface area contributed by atoms with Crippen LogP contribution < -0.4 is 0 Å². The van der Waals surface area contributed by atoms with Crippen molar-refractivity contribution in [2.24, 2.45) is 0 Å². The van der Waals surface area contributed by atoms with Crippen LogP contribution in [0.25, 0.3) is 11.0 Å². The molecule has 2 nitrogen and oxygen atoms in total. The van der Waals surface area contributed by atoms with Crippen LogP contribution in [0, 0.1) is 5.82 Å². The van der Waals surface area contributed by atoms with E-state index in [2.05, 4.69) is 4.90 Å². The van der Waals surface area contributed by atoms with Gasteiger partial charge in [-0.2, -0.15) is 0 Å². The monoisotopic (exact) mass is 219 g/mol. The Morgan fingerprint density at radius 3 is 2.81 bits per heavy atom. The molecule has 3 rings (SSSR count). The summed E-state index contributed by atoms with van der Waals surface area (Å²) in [5.41, 5.74) is 0.774. The van der Waals surface area contributed by atoms with Gasteiger partial charge < -0.3 is 4.42 Å². The molecule has 84 valence electrons. The largest absolute Gasteiger partial charge is 0.460 e. The maximum Gasteiger partial charge on any atom is 0.134 e. The van der Waals surface area contributed by atoms with Crippen LogP contribution >= 0.6 is 0 Å². The summed E-state index contributed by atoms with van der Waals surface area (Å²) in [4.78, 5) is 2.37. The first-order chi connectivity index (χ1) is 7.81. The van der Waals surface area contributed by atoms with Crippen LogP contribution in [-0.4, -0.2) is 18.0 Å². The van der Waals surface area contributed by atoms with E-state index in [0.717, 1.165) is 36.4 Å². The van der Waals surface area contributed by atoms with Gasteiger partial charge in [0.15, 0.2) is 0 Å². The average molecular weight is 219 g/mol. The molecule has 0 saturated carbocycles. The minimum absolute atomic E-state index is 0.207. The predicted octanol–water partition coefficient (Wildman–Crippen LogP) is 3.17. The lowest BCUT2D eigenvalue weighted by atomic mass is 10.2. The Labute approximate surface area is 93.7 Å². The van der Waals surface area contributed by atoms with Crippen molar-refractivity contribution in [3.63, 3.8) is 0 Å². The molecule has 0 aliphatic carbocycles. The third-order valence-corrected chi connectivity index (χ3v) is 3.11. The third-order valence-electron chi connectivity index (χ3n) is 3.11. The lowest BCUT2D eigenvalue weighted by Gasteiger charge is -2.11. The SMILES string of the molecule is Fc1ccc2oc(CN3CCCC3)cc2c1. The van der Waals surface area contributed by atoms with Crippen molar-refractivity contribution in [3.05, 3.63) is 35.8 Å². The van der Waals surface area contributed by atoms with Crippen LogP contribution in [0.4, 0.5) is 4.39 Å². The summed E-state index contributed by atoms with van der Waals surface area (Å²) in [5.74, 6) is 0.725. The first-order valence-corrected chi connectivity index (χ1v) is 5.71. The van der Waals surface area contributed by atoms with E-state index in [1.54, 1.807) is 6.07 Å². The van der Waals surface area contributed by atoms with E-state index in [4.69, 9.17) is 4.42 Å². The van der Waals surface area contributed by atoms with Crippen molar-refractivity contribution in [2.75, 3.05) is 13.1 Å². The van der Waals surface area contributed by atoms with Crippen LogP contribution in [-0.2, 0) is 6.54 Å². The lowest BCUT2D eigenvalue weighted by molar-refractivity contribution is 0.302. The van der Waals surface area contributed by atoms with E-state index >= 15 is 0 Å². The summed E-state index contributed by atoms with van der Waals surface area (Å²) in [5, 5.41) is 0.856. The predicted molar refractivity (Wildman–Crippen MR) is 60.7 cm³/mol.